The summed E-state index contributed by atoms with van der Waals surface area (Å²) in [7, 11) is 0. The highest BCUT2D eigenvalue weighted by atomic mass is 79.9. The fourth-order valence-electron chi connectivity index (χ4n) is 1.23. The number of hydrogen-bond acceptors (Lipinski definition) is 1. The van der Waals surface area contributed by atoms with Crippen LogP contribution in [-0.2, 0) is 6.54 Å². The summed E-state index contributed by atoms with van der Waals surface area (Å²) in [6.07, 6.45) is 3.44. The van der Waals surface area contributed by atoms with Crippen molar-refractivity contribution in [2.24, 2.45) is 0 Å². The van der Waals surface area contributed by atoms with Crippen LogP contribution in [0.1, 0.15) is 5.56 Å². The fourth-order valence-corrected chi connectivity index (χ4v) is 1.79. The number of aromatic nitrogens is 2. The van der Waals surface area contributed by atoms with E-state index < -0.39 is 0 Å². The van der Waals surface area contributed by atoms with E-state index >= 15 is 0 Å². The van der Waals surface area contributed by atoms with Crippen LogP contribution in [0.5, 0.6) is 0 Å². The predicted molar refractivity (Wildman–Crippen MR) is 60.5 cm³/mol. The van der Waals surface area contributed by atoms with Crippen LogP contribution >= 0.6 is 27.5 Å². The minimum absolute atomic E-state index is 0.664. The van der Waals surface area contributed by atoms with Crippen molar-refractivity contribution in [3.63, 3.8) is 0 Å². The highest BCUT2D eigenvalue weighted by Gasteiger charge is 2.00. The summed E-state index contributed by atoms with van der Waals surface area (Å²) in [5, 5.41) is 4.78. The summed E-state index contributed by atoms with van der Waals surface area (Å²) >= 11 is 9.26. The monoisotopic (exact) mass is 270 g/mol. The second kappa shape index (κ2) is 4.15. The average molecular weight is 272 g/mol. The quantitative estimate of drug-likeness (QED) is 0.819. The Morgan fingerprint density at radius 2 is 2.14 bits per heavy atom. The number of benzene rings is 1. The number of halogens is 2. The second-order valence-electron chi connectivity index (χ2n) is 2.95. The van der Waals surface area contributed by atoms with Crippen LogP contribution < -0.4 is 0 Å². The first-order chi connectivity index (χ1) is 6.75. The molecule has 0 bridgehead atoms. The third kappa shape index (κ3) is 2.16. The first kappa shape index (κ1) is 9.74. The van der Waals surface area contributed by atoms with E-state index in [1.807, 2.05) is 22.9 Å². The lowest BCUT2D eigenvalue weighted by Gasteiger charge is -2.03. The van der Waals surface area contributed by atoms with Crippen LogP contribution in [-0.4, -0.2) is 9.78 Å². The molecule has 1 aromatic carbocycles. The molecule has 0 aliphatic carbocycles. The van der Waals surface area contributed by atoms with Crippen LogP contribution in [0.4, 0.5) is 0 Å². The summed E-state index contributed by atoms with van der Waals surface area (Å²) in [4.78, 5) is 0. The molecule has 0 radical (unpaired) electrons. The summed E-state index contributed by atoms with van der Waals surface area (Å²) in [6.45, 7) is 0.730. The lowest BCUT2D eigenvalue weighted by Crippen LogP contribution is -2.00. The Hall–Kier alpha value is -0.800. The highest BCUT2D eigenvalue weighted by Crippen LogP contribution is 2.17. The second-order valence-corrected chi connectivity index (χ2v) is 4.24. The third-order valence-electron chi connectivity index (χ3n) is 1.89. The normalized spacial score (nSPS) is 10.4. The third-order valence-corrected chi connectivity index (χ3v) is 2.86. The molecule has 0 aliphatic rings. The lowest BCUT2D eigenvalue weighted by atomic mass is 10.2. The maximum Gasteiger partial charge on any atom is 0.0785 e. The van der Waals surface area contributed by atoms with Gasteiger partial charge in [-0.3, -0.25) is 4.68 Å². The van der Waals surface area contributed by atoms with Gasteiger partial charge in [-0.15, -0.1) is 0 Å². The van der Waals surface area contributed by atoms with Crippen molar-refractivity contribution in [1.82, 2.24) is 9.78 Å². The van der Waals surface area contributed by atoms with E-state index in [9.17, 15) is 0 Å². The molecule has 0 unspecified atom stereocenters. The number of rotatable bonds is 2. The zero-order valence-corrected chi connectivity index (χ0v) is 9.66. The Labute approximate surface area is 95.6 Å². The molecule has 0 N–H and O–H groups in total. The van der Waals surface area contributed by atoms with Gasteiger partial charge in [0, 0.05) is 10.7 Å². The van der Waals surface area contributed by atoms with Crippen molar-refractivity contribution in [2.45, 2.75) is 6.54 Å². The molecule has 2 nitrogen and oxygen atoms in total. The van der Waals surface area contributed by atoms with Gasteiger partial charge in [0.05, 0.1) is 17.8 Å². The summed E-state index contributed by atoms with van der Waals surface area (Å²) < 4.78 is 2.90. The van der Waals surface area contributed by atoms with Crippen LogP contribution in [0, 0.1) is 0 Å². The van der Waals surface area contributed by atoms with E-state index in [0.717, 1.165) is 11.0 Å². The van der Waals surface area contributed by atoms with Gasteiger partial charge >= 0.3 is 0 Å². The van der Waals surface area contributed by atoms with Crippen molar-refractivity contribution < 1.29 is 0 Å². The van der Waals surface area contributed by atoms with Gasteiger partial charge in [-0.05, 0) is 11.6 Å². The molecular formula is C10H8BrClN2. The molecule has 0 amide bonds. The van der Waals surface area contributed by atoms with Crippen LogP contribution in [0.2, 0.25) is 5.02 Å². The first-order valence-electron chi connectivity index (χ1n) is 4.17. The van der Waals surface area contributed by atoms with E-state index in [0.29, 0.717) is 5.02 Å². The van der Waals surface area contributed by atoms with E-state index in [2.05, 4.69) is 27.1 Å². The molecule has 0 aliphatic heterocycles. The topological polar surface area (TPSA) is 17.8 Å². The Kier molecular flexibility index (Phi) is 2.89. The van der Waals surface area contributed by atoms with Gasteiger partial charge in [0.25, 0.3) is 0 Å². The standard InChI is InChI=1S/C10H8BrClN2/c11-10-4-2-1-3-8(10)6-14-7-9(12)5-13-14/h1-5,7H,6H2. The molecule has 0 saturated heterocycles. The van der Waals surface area contributed by atoms with Gasteiger partial charge in [-0.1, -0.05) is 45.7 Å². The zero-order chi connectivity index (χ0) is 9.97. The first-order valence-corrected chi connectivity index (χ1v) is 5.34. The molecule has 0 spiro atoms. The Bertz CT molecular complexity index is 439. The molecule has 1 aromatic heterocycles. The molecule has 72 valence electrons. The Balaban J connectivity index is 2.23. The molecule has 4 heteroatoms. The van der Waals surface area contributed by atoms with Crippen LogP contribution in [0.25, 0.3) is 0 Å². The largest absolute Gasteiger partial charge is 0.267 e. The van der Waals surface area contributed by atoms with Gasteiger partial charge in [0.2, 0.25) is 0 Å². The molecule has 2 aromatic rings. The van der Waals surface area contributed by atoms with E-state index in [-0.39, 0.29) is 0 Å². The number of nitrogens with zero attached hydrogens (tertiary/aromatic N) is 2. The molecule has 1 heterocycles. The summed E-state index contributed by atoms with van der Waals surface area (Å²) in [5.74, 6) is 0. The fraction of sp³-hybridized carbons (Fsp3) is 0.100. The summed E-state index contributed by atoms with van der Waals surface area (Å²) in [6, 6.07) is 8.06. The molecule has 0 saturated carbocycles. The zero-order valence-electron chi connectivity index (χ0n) is 7.32. The van der Waals surface area contributed by atoms with Gasteiger partial charge in [0.15, 0.2) is 0 Å². The van der Waals surface area contributed by atoms with Gasteiger partial charge in [-0.2, -0.15) is 5.10 Å². The Morgan fingerprint density at radius 1 is 1.36 bits per heavy atom. The minimum atomic E-state index is 0.664. The highest BCUT2D eigenvalue weighted by molar-refractivity contribution is 9.10. The van der Waals surface area contributed by atoms with Crippen molar-refractivity contribution in [1.29, 1.82) is 0 Å². The van der Waals surface area contributed by atoms with E-state index in [1.54, 1.807) is 12.4 Å². The Morgan fingerprint density at radius 3 is 2.79 bits per heavy atom. The molecule has 2 rings (SSSR count). The molecule has 0 atom stereocenters. The average Bonchev–Trinajstić information content (AvgIpc) is 2.56. The molecule has 14 heavy (non-hydrogen) atoms. The predicted octanol–water partition coefficient (Wildman–Crippen LogP) is 3.35. The SMILES string of the molecule is Clc1cnn(Cc2ccccc2Br)c1. The van der Waals surface area contributed by atoms with Gasteiger partial charge < -0.3 is 0 Å². The van der Waals surface area contributed by atoms with Gasteiger partial charge in [-0.25, -0.2) is 0 Å². The maximum atomic E-state index is 5.77. The van der Waals surface area contributed by atoms with Crippen molar-refractivity contribution in [3.8, 4) is 0 Å². The van der Waals surface area contributed by atoms with Crippen molar-refractivity contribution in [2.75, 3.05) is 0 Å². The smallest absolute Gasteiger partial charge is 0.0785 e. The van der Waals surface area contributed by atoms with Gasteiger partial charge in [0.1, 0.15) is 0 Å². The molecular weight excluding hydrogens is 263 g/mol. The maximum absolute atomic E-state index is 5.77. The van der Waals surface area contributed by atoms with Crippen LogP contribution in [0.15, 0.2) is 41.1 Å². The van der Waals surface area contributed by atoms with E-state index in [4.69, 9.17) is 11.6 Å². The number of hydrogen-bond donors (Lipinski definition) is 0. The minimum Gasteiger partial charge on any atom is -0.267 e. The molecule has 0 fully saturated rings. The summed E-state index contributed by atoms with van der Waals surface area (Å²) in [5.41, 5.74) is 1.19. The van der Waals surface area contributed by atoms with E-state index in [1.165, 1.54) is 5.56 Å². The van der Waals surface area contributed by atoms with Crippen molar-refractivity contribution in [3.05, 3.63) is 51.7 Å². The van der Waals surface area contributed by atoms with Crippen LogP contribution in [0.3, 0.4) is 0 Å². The van der Waals surface area contributed by atoms with Crippen molar-refractivity contribution >= 4 is 27.5 Å². The lowest BCUT2D eigenvalue weighted by molar-refractivity contribution is 0.685.